The molecule has 0 bridgehead atoms. The number of aryl methyl sites for hydroxylation is 1. The van der Waals surface area contributed by atoms with E-state index < -0.39 is 0 Å². The normalized spacial score (nSPS) is 10.7. The van der Waals surface area contributed by atoms with Crippen LogP contribution in [0.25, 0.3) is 0 Å². The number of rotatable bonds is 5. The molecule has 0 saturated heterocycles. The van der Waals surface area contributed by atoms with Gasteiger partial charge < -0.3 is 15.0 Å². The Kier molecular flexibility index (Phi) is 4.45. The lowest BCUT2D eigenvalue weighted by molar-refractivity contribution is 0.102. The third-order valence-electron chi connectivity index (χ3n) is 3.22. The Labute approximate surface area is 136 Å². The maximum Gasteiger partial charge on any atom is 0.286 e. The predicted molar refractivity (Wildman–Crippen MR) is 86.3 cm³/mol. The molecule has 0 atom stereocenters. The number of hydrogen-bond acceptors (Lipinski definition) is 6. The molecule has 2 aromatic heterocycles. The van der Waals surface area contributed by atoms with E-state index >= 15 is 0 Å². The molecule has 2 N–H and O–H groups in total. The zero-order chi connectivity index (χ0) is 16.2. The fourth-order valence-electron chi connectivity index (χ4n) is 2.01. The van der Waals surface area contributed by atoms with Gasteiger partial charge in [0.2, 0.25) is 5.01 Å². The van der Waals surface area contributed by atoms with Crippen LogP contribution < -0.4 is 5.32 Å². The summed E-state index contributed by atoms with van der Waals surface area (Å²) in [5, 5.41) is 20.9. The molecule has 2 heterocycles. The molecule has 0 aliphatic heterocycles. The van der Waals surface area contributed by atoms with Crippen molar-refractivity contribution in [3.63, 3.8) is 0 Å². The van der Waals surface area contributed by atoms with Crippen molar-refractivity contribution < 1.29 is 9.90 Å². The van der Waals surface area contributed by atoms with Gasteiger partial charge in [-0.25, -0.2) is 4.98 Å². The maximum atomic E-state index is 12.2. The van der Waals surface area contributed by atoms with Crippen molar-refractivity contribution in [2.75, 3.05) is 5.32 Å². The molecule has 3 rings (SSSR count). The highest BCUT2D eigenvalue weighted by Crippen LogP contribution is 2.15. The van der Waals surface area contributed by atoms with Gasteiger partial charge in [0.1, 0.15) is 17.4 Å². The van der Waals surface area contributed by atoms with Crippen LogP contribution in [0, 0.1) is 6.92 Å². The summed E-state index contributed by atoms with van der Waals surface area (Å²) in [6.45, 7) is 2.26. The van der Waals surface area contributed by atoms with Crippen LogP contribution in [0.5, 0.6) is 0 Å². The van der Waals surface area contributed by atoms with Crippen molar-refractivity contribution >= 4 is 22.9 Å². The van der Waals surface area contributed by atoms with Crippen molar-refractivity contribution in [2.45, 2.75) is 20.1 Å². The highest BCUT2D eigenvalue weighted by Gasteiger charge is 2.14. The van der Waals surface area contributed by atoms with Crippen LogP contribution in [0.1, 0.15) is 26.2 Å². The van der Waals surface area contributed by atoms with E-state index in [1.807, 2.05) is 31.2 Å². The number of hydrogen-bond donors (Lipinski definition) is 2. The zero-order valence-corrected chi connectivity index (χ0v) is 13.2. The van der Waals surface area contributed by atoms with Gasteiger partial charge in [0, 0.05) is 18.1 Å². The molecule has 0 saturated carbocycles. The molecule has 0 fully saturated rings. The van der Waals surface area contributed by atoms with Gasteiger partial charge in [-0.15, -0.1) is 10.2 Å². The fourth-order valence-corrected chi connectivity index (χ4v) is 2.75. The van der Waals surface area contributed by atoms with E-state index in [0.717, 1.165) is 11.3 Å². The summed E-state index contributed by atoms with van der Waals surface area (Å²) in [6, 6.07) is 7.54. The van der Waals surface area contributed by atoms with Crippen LogP contribution in [0.15, 0.2) is 36.7 Å². The largest absolute Gasteiger partial charge is 0.388 e. The smallest absolute Gasteiger partial charge is 0.286 e. The summed E-state index contributed by atoms with van der Waals surface area (Å²) in [5.41, 5.74) is 1.84. The number of aromatic nitrogens is 4. The van der Waals surface area contributed by atoms with Gasteiger partial charge >= 0.3 is 0 Å². The Bertz CT molecular complexity index is 809. The van der Waals surface area contributed by atoms with Gasteiger partial charge in [-0.3, -0.25) is 4.79 Å². The third-order valence-corrected chi connectivity index (χ3v) is 4.13. The second-order valence-corrected chi connectivity index (χ2v) is 6.01. The van der Waals surface area contributed by atoms with Crippen molar-refractivity contribution in [2.24, 2.45) is 0 Å². The highest BCUT2D eigenvalue weighted by atomic mass is 32.1. The van der Waals surface area contributed by atoms with E-state index in [4.69, 9.17) is 0 Å². The molecule has 1 aromatic carbocycles. The summed E-state index contributed by atoms with van der Waals surface area (Å²) in [6.07, 6.45) is 3.36. The average Bonchev–Trinajstić information content (AvgIpc) is 3.19. The van der Waals surface area contributed by atoms with E-state index in [1.54, 1.807) is 17.0 Å². The Morgan fingerprint density at radius 1 is 1.30 bits per heavy atom. The van der Waals surface area contributed by atoms with Crippen LogP contribution >= 0.6 is 11.3 Å². The Morgan fingerprint density at radius 2 is 2.09 bits per heavy atom. The van der Waals surface area contributed by atoms with E-state index in [1.165, 1.54) is 11.3 Å². The topological polar surface area (TPSA) is 92.9 Å². The Hall–Kier alpha value is -2.58. The van der Waals surface area contributed by atoms with Crippen molar-refractivity contribution in [1.29, 1.82) is 0 Å². The highest BCUT2D eigenvalue weighted by molar-refractivity contribution is 7.13. The number of carbonyl (C=O) groups excluding carboxylic acids is 1. The number of amides is 1. The SMILES string of the molecule is Cc1ccc(NC(=O)c2nnc(Cn3ccnc3CO)s2)cc1. The van der Waals surface area contributed by atoms with E-state index in [-0.39, 0.29) is 12.5 Å². The summed E-state index contributed by atoms with van der Waals surface area (Å²) in [5.74, 6) is 0.261. The van der Waals surface area contributed by atoms with E-state index in [9.17, 15) is 9.90 Å². The molecule has 0 unspecified atom stereocenters. The van der Waals surface area contributed by atoms with Crippen LogP contribution in [0.4, 0.5) is 5.69 Å². The van der Waals surface area contributed by atoms with Gasteiger partial charge in [0.25, 0.3) is 5.91 Å². The minimum Gasteiger partial charge on any atom is -0.388 e. The monoisotopic (exact) mass is 329 g/mol. The van der Waals surface area contributed by atoms with Crippen LogP contribution in [-0.4, -0.2) is 30.8 Å². The van der Waals surface area contributed by atoms with Crippen molar-refractivity contribution in [1.82, 2.24) is 19.7 Å². The quantitative estimate of drug-likeness (QED) is 0.745. The summed E-state index contributed by atoms with van der Waals surface area (Å²) >= 11 is 1.22. The van der Waals surface area contributed by atoms with E-state index in [2.05, 4.69) is 20.5 Å². The first-order valence-electron chi connectivity index (χ1n) is 6.97. The Morgan fingerprint density at radius 3 is 2.83 bits per heavy atom. The predicted octanol–water partition coefficient (Wildman–Crippen LogP) is 1.84. The molecule has 0 aliphatic carbocycles. The lowest BCUT2D eigenvalue weighted by Gasteiger charge is -2.03. The lowest BCUT2D eigenvalue weighted by atomic mass is 10.2. The van der Waals surface area contributed by atoms with Crippen LogP contribution in [0.2, 0.25) is 0 Å². The third kappa shape index (κ3) is 3.61. The first-order chi connectivity index (χ1) is 11.2. The maximum absolute atomic E-state index is 12.2. The van der Waals surface area contributed by atoms with Gasteiger partial charge in [0.15, 0.2) is 0 Å². The number of imidazole rings is 1. The van der Waals surface area contributed by atoms with Gasteiger partial charge in [0.05, 0.1) is 6.54 Å². The standard InChI is InChI=1S/C15H15N5O2S/c1-10-2-4-11(5-3-10)17-14(22)15-19-18-13(23-15)8-20-7-6-16-12(20)9-21/h2-7,21H,8-9H2,1H3,(H,17,22). The number of anilines is 1. The number of nitrogens with one attached hydrogen (secondary N) is 1. The van der Waals surface area contributed by atoms with Gasteiger partial charge in [-0.1, -0.05) is 29.0 Å². The number of aliphatic hydroxyl groups excluding tert-OH is 1. The molecular formula is C15H15N5O2S. The van der Waals surface area contributed by atoms with E-state index in [0.29, 0.717) is 22.4 Å². The molecule has 1 amide bonds. The first-order valence-corrected chi connectivity index (χ1v) is 7.78. The first kappa shape index (κ1) is 15.3. The molecule has 3 aromatic rings. The molecule has 0 spiro atoms. The van der Waals surface area contributed by atoms with Crippen molar-refractivity contribution in [3.8, 4) is 0 Å². The Balaban J connectivity index is 1.68. The van der Waals surface area contributed by atoms with Crippen molar-refractivity contribution in [3.05, 3.63) is 58.1 Å². The number of aliphatic hydroxyl groups is 1. The molecule has 8 heteroatoms. The minimum absolute atomic E-state index is 0.146. The molecular weight excluding hydrogens is 314 g/mol. The zero-order valence-electron chi connectivity index (χ0n) is 12.4. The van der Waals surface area contributed by atoms with Crippen LogP contribution in [-0.2, 0) is 13.2 Å². The molecule has 0 aliphatic rings. The number of nitrogens with zero attached hydrogens (tertiary/aromatic N) is 4. The molecule has 23 heavy (non-hydrogen) atoms. The second kappa shape index (κ2) is 6.67. The minimum atomic E-state index is -0.286. The molecule has 7 nitrogen and oxygen atoms in total. The summed E-state index contributed by atoms with van der Waals surface area (Å²) < 4.78 is 1.77. The lowest BCUT2D eigenvalue weighted by Crippen LogP contribution is -2.11. The number of benzene rings is 1. The average molecular weight is 329 g/mol. The van der Waals surface area contributed by atoms with Gasteiger partial charge in [-0.2, -0.15) is 0 Å². The number of carbonyl (C=O) groups is 1. The van der Waals surface area contributed by atoms with Gasteiger partial charge in [-0.05, 0) is 19.1 Å². The summed E-state index contributed by atoms with van der Waals surface area (Å²) in [7, 11) is 0. The fraction of sp³-hybridized carbons (Fsp3) is 0.200. The second-order valence-electron chi connectivity index (χ2n) is 4.95. The van der Waals surface area contributed by atoms with Crippen LogP contribution in [0.3, 0.4) is 0 Å². The summed E-state index contributed by atoms with van der Waals surface area (Å²) in [4.78, 5) is 16.2. The molecule has 0 radical (unpaired) electrons. The molecule has 118 valence electrons.